The molecule has 2 bridgehead atoms. The number of amides is 3. The van der Waals surface area contributed by atoms with Crippen LogP contribution in [0.25, 0.3) is 0 Å². The van der Waals surface area contributed by atoms with Crippen LogP contribution in [-0.4, -0.2) is 24.8 Å². The van der Waals surface area contributed by atoms with E-state index in [9.17, 15) is 9.59 Å². The highest BCUT2D eigenvalue weighted by Gasteiger charge is 2.61. The van der Waals surface area contributed by atoms with Gasteiger partial charge in [-0.25, -0.2) is 4.79 Å². The summed E-state index contributed by atoms with van der Waals surface area (Å²) in [6.45, 7) is 7.70. The third-order valence-corrected chi connectivity index (χ3v) is 6.99. The molecule has 0 spiro atoms. The molecule has 3 aromatic rings. The van der Waals surface area contributed by atoms with Gasteiger partial charge in [-0.3, -0.25) is 9.69 Å². The van der Waals surface area contributed by atoms with E-state index >= 15 is 0 Å². The predicted octanol–water partition coefficient (Wildman–Crippen LogP) is 5.25. The molecule has 180 valence electrons. The number of para-hydroxylation sites is 2. The van der Waals surface area contributed by atoms with Gasteiger partial charge in [-0.2, -0.15) is 0 Å². The van der Waals surface area contributed by atoms with E-state index in [2.05, 4.69) is 10.6 Å². The molecular formula is C28H29N3O4. The van der Waals surface area contributed by atoms with Gasteiger partial charge in [0.05, 0.1) is 18.8 Å². The number of nitrogens with zero attached hydrogens (tertiary/aromatic N) is 1. The van der Waals surface area contributed by atoms with E-state index in [0.29, 0.717) is 22.7 Å². The predicted molar refractivity (Wildman–Crippen MR) is 135 cm³/mol. The highest BCUT2D eigenvalue weighted by Crippen LogP contribution is 2.52. The summed E-state index contributed by atoms with van der Waals surface area (Å²) in [6, 6.07) is 18.1. The number of anilines is 2. The second-order valence-electron chi connectivity index (χ2n) is 9.37. The number of nitrogens with one attached hydrogen (secondary N) is 2. The van der Waals surface area contributed by atoms with E-state index < -0.39 is 17.7 Å². The summed E-state index contributed by atoms with van der Waals surface area (Å²) in [4.78, 5) is 29.0. The van der Waals surface area contributed by atoms with Crippen molar-refractivity contribution in [1.29, 1.82) is 0 Å². The van der Waals surface area contributed by atoms with Gasteiger partial charge in [-0.15, -0.1) is 0 Å². The van der Waals surface area contributed by atoms with Gasteiger partial charge in [0.2, 0.25) is 11.6 Å². The lowest BCUT2D eigenvalue weighted by molar-refractivity contribution is -0.131. The molecule has 1 fully saturated rings. The third kappa shape index (κ3) is 3.58. The summed E-state index contributed by atoms with van der Waals surface area (Å²) in [5.74, 6) is 0.0844. The molecule has 3 aromatic carbocycles. The van der Waals surface area contributed by atoms with Crippen LogP contribution in [0.3, 0.4) is 0 Å². The molecular weight excluding hydrogens is 442 g/mol. The van der Waals surface area contributed by atoms with Crippen molar-refractivity contribution in [2.45, 2.75) is 39.5 Å². The van der Waals surface area contributed by atoms with Crippen molar-refractivity contribution in [2.24, 2.45) is 5.92 Å². The molecule has 0 radical (unpaired) electrons. The van der Waals surface area contributed by atoms with Crippen LogP contribution in [0, 0.1) is 26.7 Å². The number of ether oxygens (including phenoxy) is 2. The molecule has 3 amide bonds. The fraction of sp³-hybridized carbons (Fsp3) is 0.286. The van der Waals surface area contributed by atoms with Crippen molar-refractivity contribution in [2.75, 3.05) is 17.3 Å². The maximum atomic E-state index is 14.0. The Morgan fingerprint density at radius 3 is 2.54 bits per heavy atom. The fourth-order valence-corrected chi connectivity index (χ4v) is 5.27. The summed E-state index contributed by atoms with van der Waals surface area (Å²) in [6.07, 6.45) is 0. The number of benzene rings is 3. The molecule has 2 N–H and O–H groups in total. The highest BCUT2D eigenvalue weighted by molar-refractivity contribution is 6.02. The number of carbonyl (C=O) groups excluding carboxylic acids is 2. The van der Waals surface area contributed by atoms with Gasteiger partial charge in [0.1, 0.15) is 5.92 Å². The summed E-state index contributed by atoms with van der Waals surface area (Å²) >= 11 is 0. The average molecular weight is 472 g/mol. The minimum atomic E-state index is -1.32. The first-order valence-corrected chi connectivity index (χ1v) is 11.6. The van der Waals surface area contributed by atoms with Crippen LogP contribution in [0.2, 0.25) is 0 Å². The number of methoxy groups -OCH3 is 1. The molecule has 3 atom stereocenters. The van der Waals surface area contributed by atoms with Crippen LogP contribution in [-0.2, 0) is 4.79 Å². The summed E-state index contributed by atoms with van der Waals surface area (Å²) in [7, 11) is 1.58. The maximum absolute atomic E-state index is 14.0. The second-order valence-corrected chi connectivity index (χ2v) is 9.37. The largest absolute Gasteiger partial charge is 0.493 e. The number of hydrogen-bond donors (Lipinski definition) is 2. The number of carbonyl (C=O) groups is 2. The van der Waals surface area contributed by atoms with Crippen molar-refractivity contribution in [3.05, 3.63) is 82.9 Å². The number of urea groups is 1. The van der Waals surface area contributed by atoms with Crippen LogP contribution < -0.4 is 25.0 Å². The highest BCUT2D eigenvalue weighted by atomic mass is 16.5. The molecule has 0 aromatic heterocycles. The minimum Gasteiger partial charge on any atom is -0.493 e. The van der Waals surface area contributed by atoms with E-state index in [-0.39, 0.29) is 11.9 Å². The molecule has 0 aliphatic carbocycles. The van der Waals surface area contributed by atoms with Crippen molar-refractivity contribution >= 4 is 23.3 Å². The normalized spacial score (nSPS) is 22.5. The van der Waals surface area contributed by atoms with E-state index in [4.69, 9.17) is 9.47 Å². The van der Waals surface area contributed by atoms with E-state index in [1.807, 2.05) is 81.4 Å². The van der Waals surface area contributed by atoms with E-state index in [1.165, 1.54) is 0 Å². The number of fused-ring (bicyclic) bond motifs is 4. The number of hydrogen-bond acceptors (Lipinski definition) is 4. The van der Waals surface area contributed by atoms with Crippen LogP contribution >= 0.6 is 0 Å². The second kappa shape index (κ2) is 8.34. The van der Waals surface area contributed by atoms with Gasteiger partial charge in [-0.1, -0.05) is 48.0 Å². The molecule has 2 aliphatic heterocycles. The van der Waals surface area contributed by atoms with Crippen LogP contribution in [0.5, 0.6) is 11.5 Å². The lowest BCUT2D eigenvalue weighted by atomic mass is 9.78. The van der Waals surface area contributed by atoms with Crippen molar-refractivity contribution in [1.82, 2.24) is 5.32 Å². The molecule has 2 aliphatic rings. The van der Waals surface area contributed by atoms with E-state index in [0.717, 1.165) is 22.4 Å². The Hall–Kier alpha value is -4.00. The smallest absolute Gasteiger partial charge is 0.325 e. The Labute approximate surface area is 205 Å². The van der Waals surface area contributed by atoms with E-state index in [1.54, 1.807) is 18.9 Å². The van der Waals surface area contributed by atoms with Crippen LogP contribution in [0.4, 0.5) is 16.2 Å². The molecule has 7 nitrogen and oxygen atoms in total. The topological polar surface area (TPSA) is 79.9 Å². The Morgan fingerprint density at radius 1 is 1.06 bits per heavy atom. The summed E-state index contributed by atoms with van der Waals surface area (Å²) in [5.41, 5.74) is 3.77. The SMILES string of the molecule is COc1cccc2c1O[C@@]1(C)[C@@H](C(=O)Nc3ccc(C)cc3C)[C@H]2NC(=O)N1c1ccccc1C. The van der Waals surface area contributed by atoms with Gasteiger partial charge in [0, 0.05) is 11.3 Å². The molecule has 0 unspecified atom stereocenters. The maximum Gasteiger partial charge on any atom is 0.325 e. The summed E-state index contributed by atoms with van der Waals surface area (Å²) < 4.78 is 12.2. The zero-order valence-corrected chi connectivity index (χ0v) is 20.5. The third-order valence-electron chi connectivity index (χ3n) is 6.99. The van der Waals surface area contributed by atoms with Gasteiger partial charge < -0.3 is 20.1 Å². The quantitative estimate of drug-likeness (QED) is 0.544. The molecule has 35 heavy (non-hydrogen) atoms. The first kappa shape index (κ1) is 22.8. The lowest BCUT2D eigenvalue weighted by Gasteiger charge is -2.54. The fourth-order valence-electron chi connectivity index (χ4n) is 5.27. The Bertz CT molecular complexity index is 1340. The zero-order chi connectivity index (χ0) is 24.9. The molecule has 0 saturated carbocycles. The molecule has 5 rings (SSSR count). The first-order valence-electron chi connectivity index (χ1n) is 11.6. The Balaban J connectivity index is 1.66. The number of rotatable bonds is 4. The van der Waals surface area contributed by atoms with Crippen molar-refractivity contribution in [3.63, 3.8) is 0 Å². The summed E-state index contributed by atoms with van der Waals surface area (Å²) in [5, 5.41) is 6.18. The monoisotopic (exact) mass is 471 g/mol. The van der Waals surface area contributed by atoms with Crippen LogP contribution in [0.15, 0.2) is 60.7 Å². The molecule has 7 heteroatoms. The Morgan fingerprint density at radius 2 is 1.83 bits per heavy atom. The molecule has 2 heterocycles. The average Bonchev–Trinajstić information content (AvgIpc) is 2.81. The molecule has 1 saturated heterocycles. The first-order chi connectivity index (χ1) is 16.7. The van der Waals surface area contributed by atoms with Crippen molar-refractivity contribution < 1.29 is 19.1 Å². The number of aryl methyl sites for hydroxylation is 3. The minimum absolute atomic E-state index is 0.239. The Kier molecular flexibility index (Phi) is 5.43. The van der Waals surface area contributed by atoms with Gasteiger partial charge >= 0.3 is 6.03 Å². The van der Waals surface area contributed by atoms with Gasteiger partial charge in [0.15, 0.2) is 11.5 Å². The zero-order valence-electron chi connectivity index (χ0n) is 20.5. The van der Waals surface area contributed by atoms with Crippen LogP contribution in [0.1, 0.15) is 35.2 Å². The van der Waals surface area contributed by atoms with Crippen molar-refractivity contribution in [3.8, 4) is 11.5 Å². The van der Waals surface area contributed by atoms with Gasteiger partial charge in [0.25, 0.3) is 0 Å². The standard InChI is InChI=1S/C28H29N3O4/c1-16-13-14-20(18(3)15-16)29-26(32)23-24-19-10-8-12-22(34-5)25(19)35-28(23,4)31(27(33)30-24)21-11-7-6-9-17(21)2/h6-15,23-24H,1-5H3,(H,29,32)(H,30,33)/t23-,24+,28+/m1/s1. The van der Waals surface area contributed by atoms with Gasteiger partial charge in [-0.05, 0) is 57.0 Å². The lowest BCUT2D eigenvalue weighted by Crippen LogP contribution is -2.72.